The van der Waals surface area contributed by atoms with Crippen LogP contribution in [0.5, 0.6) is 0 Å². The molecule has 0 spiro atoms. The Bertz CT molecular complexity index is 666. The maximum Gasteiger partial charge on any atom is 0.246 e. The molecular weight excluding hydrogens is 310 g/mol. The molecule has 7 heteroatoms. The largest absolute Gasteiger partial charge is 0.338 e. The molecule has 1 aliphatic carbocycles. The van der Waals surface area contributed by atoms with Gasteiger partial charge in [0.2, 0.25) is 11.7 Å². The van der Waals surface area contributed by atoms with Crippen LogP contribution in [0, 0.1) is 5.92 Å². The normalized spacial score (nSPS) is 24.4. The van der Waals surface area contributed by atoms with Gasteiger partial charge in [-0.1, -0.05) is 18.9 Å². The van der Waals surface area contributed by atoms with Crippen LogP contribution >= 0.6 is 11.3 Å². The number of tetrazole rings is 1. The minimum atomic E-state index is 0.136. The highest BCUT2D eigenvalue weighted by Crippen LogP contribution is 2.35. The Kier molecular flexibility index (Phi) is 4.11. The van der Waals surface area contributed by atoms with Gasteiger partial charge in [-0.2, -0.15) is 4.80 Å². The minimum Gasteiger partial charge on any atom is -0.338 e. The first-order valence-corrected chi connectivity index (χ1v) is 9.30. The van der Waals surface area contributed by atoms with E-state index in [0.29, 0.717) is 17.8 Å². The number of amides is 1. The molecule has 122 valence electrons. The number of likely N-dealkylation sites (tertiary alicyclic amines) is 1. The third-order valence-corrected chi connectivity index (χ3v) is 5.90. The first-order valence-electron chi connectivity index (χ1n) is 8.42. The standard InChI is InChI=1S/C16H21N5OS/c22-15(20-9-3-6-12-5-1-2-7-13(12)20)11-21-18-16(17-19-21)14-8-4-10-23-14/h4,8,10,12-13H,1-3,5-7,9,11H2/t12-,13-/m0/s1. The zero-order valence-electron chi connectivity index (χ0n) is 13.1. The minimum absolute atomic E-state index is 0.136. The summed E-state index contributed by atoms with van der Waals surface area (Å²) in [6.07, 6.45) is 7.39. The quantitative estimate of drug-likeness (QED) is 0.867. The van der Waals surface area contributed by atoms with Crippen molar-refractivity contribution in [2.45, 2.75) is 51.1 Å². The highest BCUT2D eigenvalue weighted by atomic mass is 32.1. The van der Waals surface area contributed by atoms with Crippen molar-refractivity contribution in [3.63, 3.8) is 0 Å². The molecule has 1 amide bonds. The number of fused-ring (bicyclic) bond motifs is 1. The maximum absolute atomic E-state index is 12.7. The summed E-state index contributed by atoms with van der Waals surface area (Å²) in [5, 5.41) is 14.4. The lowest BCUT2D eigenvalue weighted by atomic mass is 9.78. The molecule has 23 heavy (non-hydrogen) atoms. The Hall–Kier alpha value is -1.76. The van der Waals surface area contributed by atoms with Gasteiger partial charge < -0.3 is 4.90 Å². The van der Waals surface area contributed by atoms with E-state index in [-0.39, 0.29) is 12.5 Å². The number of carbonyl (C=O) groups excluding carboxylic acids is 1. The van der Waals surface area contributed by atoms with Crippen molar-refractivity contribution in [2.24, 2.45) is 5.92 Å². The van der Waals surface area contributed by atoms with Gasteiger partial charge in [0.1, 0.15) is 6.54 Å². The van der Waals surface area contributed by atoms with Gasteiger partial charge in [-0.3, -0.25) is 4.79 Å². The van der Waals surface area contributed by atoms with Gasteiger partial charge in [0.05, 0.1) is 4.88 Å². The zero-order chi connectivity index (χ0) is 15.6. The molecule has 1 saturated heterocycles. The molecule has 0 radical (unpaired) electrons. The number of rotatable bonds is 3. The summed E-state index contributed by atoms with van der Waals surface area (Å²) >= 11 is 1.58. The van der Waals surface area contributed by atoms with E-state index in [9.17, 15) is 4.79 Å². The molecule has 4 rings (SSSR count). The van der Waals surface area contributed by atoms with Gasteiger partial charge in [-0.15, -0.1) is 21.5 Å². The van der Waals surface area contributed by atoms with Crippen LogP contribution in [0.2, 0.25) is 0 Å². The lowest BCUT2D eigenvalue weighted by molar-refractivity contribution is -0.138. The third kappa shape index (κ3) is 3.02. The number of hydrogen-bond donors (Lipinski definition) is 0. The molecule has 0 aromatic carbocycles. The number of piperidine rings is 1. The van der Waals surface area contributed by atoms with Gasteiger partial charge in [-0.25, -0.2) is 0 Å². The third-order valence-electron chi connectivity index (χ3n) is 5.03. The van der Waals surface area contributed by atoms with Gasteiger partial charge in [-0.05, 0) is 48.3 Å². The highest BCUT2D eigenvalue weighted by molar-refractivity contribution is 7.13. The Labute approximate surface area is 139 Å². The lowest BCUT2D eigenvalue weighted by Gasteiger charge is -2.44. The second kappa shape index (κ2) is 6.39. The smallest absolute Gasteiger partial charge is 0.246 e. The molecule has 2 aliphatic rings. The van der Waals surface area contributed by atoms with Crippen molar-refractivity contribution in [1.29, 1.82) is 0 Å². The molecule has 2 aromatic rings. The highest BCUT2D eigenvalue weighted by Gasteiger charge is 2.35. The van der Waals surface area contributed by atoms with Crippen LogP contribution in [0.25, 0.3) is 10.7 Å². The van der Waals surface area contributed by atoms with E-state index in [1.807, 2.05) is 17.5 Å². The van der Waals surface area contributed by atoms with Crippen LogP contribution < -0.4 is 0 Å². The molecular formula is C16H21N5OS. The second-order valence-corrected chi connectivity index (χ2v) is 7.41. The van der Waals surface area contributed by atoms with Crippen molar-refractivity contribution >= 4 is 17.2 Å². The van der Waals surface area contributed by atoms with E-state index in [2.05, 4.69) is 20.3 Å². The average Bonchev–Trinajstić information content (AvgIpc) is 3.25. The summed E-state index contributed by atoms with van der Waals surface area (Å²) < 4.78 is 0. The van der Waals surface area contributed by atoms with E-state index in [1.54, 1.807) is 11.3 Å². The topological polar surface area (TPSA) is 63.9 Å². The van der Waals surface area contributed by atoms with Crippen LogP contribution in [0.15, 0.2) is 17.5 Å². The van der Waals surface area contributed by atoms with Crippen LogP contribution in [0.3, 0.4) is 0 Å². The van der Waals surface area contributed by atoms with Crippen molar-refractivity contribution in [1.82, 2.24) is 25.1 Å². The molecule has 2 aromatic heterocycles. The fraction of sp³-hybridized carbons (Fsp3) is 0.625. The average molecular weight is 331 g/mol. The maximum atomic E-state index is 12.7. The number of carbonyl (C=O) groups is 1. The monoisotopic (exact) mass is 331 g/mol. The first-order chi connectivity index (χ1) is 11.3. The first kappa shape index (κ1) is 14.8. The van der Waals surface area contributed by atoms with Crippen molar-refractivity contribution in [2.75, 3.05) is 6.54 Å². The Morgan fingerprint density at radius 3 is 3.00 bits per heavy atom. The lowest BCUT2D eigenvalue weighted by Crippen LogP contribution is -2.50. The van der Waals surface area contributed by atoms with E-state index >= 15 is 0 Å². The Morgan fingerprint density at radius 2 is 2.13 bits per heavy atom. The van der Waals surface area contributed by atoms with Crippen LogP contribution in [0.1, 0.15) is 38.5 Å². The molecule has 0 N–H and O–H groups in total. The van der Waals surface area contributed by atoms with Gasteiger partial charge in [0.25, 0.3) is 0 Å². The van der Waals surface area contributed by atoms with Crippen LogP contribution in [0.4, 0.5) is 0 Å². The molecule has 0 unspecified atom stereocenters. The molecule has 3 heterocycles. The Morgan fingerprint density at radius 1 is 1.26 bits per heavy atom. The number of aromatic nitrogens is 4. The summed E-state index contributed by atoms with van der Waals surface area (Å²) in [4.78, 5) is 17.2. The van der Waals surface area contributed by atoms with Gasteiger partial charge in [0, 0.05) is 12.6 Å². The second-order valence-electron chi connectivity index (χ2n) is 6.46. The number of hydrogen-bond acceptors (Lipinski definition) is 5. The fourth-order valence-corrected chi connectivity index (χ4v) is 4.61. The molecule has 2 fully saturated rings. The van der Waals surface area contributed by atoms with E-state index in [4.69, 9.17) is 0 Å². The SMILES string of the molecule is O=C(Cn1nnc(-c2cccs2)n1)N1CCC[C@@H]2CCCC[C@@H]21. The zero-order valence-corrected chi connectivity index (χ0v) is 13.9. The van der Waals surface area contributed by atoms with E-state index in [1.165, 1.54) is 30.5 Å². The van der Waals surface area contributed by atoms with Crippen molar-refractivity contribution < 1.29 is 4.79 Å². The molecule has 6 nitrogen and oxygen atoms in total. The summed E-state index contributed by atoms with van der Waals surface area (Å²) in [7, 11) is 0. The van der Waals surface area contributed by atoms with Crippen LogP contribution in [-0.4, -0.2) is 43.6 Å². The fourth-order valence-electron chi connectivity index (χ4n) is 3.96. The molecule has 1 aliphatic heterocycles. The molecule has 1 saturated carbocycles. The number of thiophene rings is 1. The predicted octanol–water partition coefficient (Wildman–Crippen LogP) is 2.58. The van der Waals surface area contributed by atoms with Crippen LogP contribution in [-0.2, 0) is 11.3 Å². The predicted molar refractivity (Wildman–Crippen MR) is 87.8 cm³/mol. The van der Waals surface area contributed by atoms with Crippen molar-refractivity contribution in [3.05, 3.63) is 17.5 Å². The van der Waals surface area contributed by atoms with E-state index < -0.39 is 0 Å². The van der Waals surface area contributed by atoms with Gasteiger partial charge in [0.15, 0.2) is 0 Å². The summed E-state index contributed by atoms with van der Waals surface area (Å²) in [6, 6.07) is 4.36. The van der Waals surface area contributed by atoms with Crippen molar-refractivity contribution in [3.8, 4) is 10.7 Å². The van der Waals surface area contributed by atoms with Gasteiger partial charge >= 0.3 is 0 Å². The summed E-state index contributed by atoms with van der Waals surface area (Å²) in [6.45, 7) is 1.08. The summed E-state index contributed by atoms with van der Waals surface area (Å²) in [5.74, 6) is 1.44. The number of nitrogens with zero attached hydrogens (tertiary/aromatic N) is 5. The molecule has 0 bridgehead atoms. The summed E-state index contributed by atoms with van der Waals surface area (Å²) in [5.41, 5.74) is 0. The molecule has 2 atom stereocenters. The van der Waals surface area contributed by atoms with E-state index in [0.717, 1.165) is 24.3 Å². The Balaban J connectivity index is 1.45.